The first-order chi connectivity index (χ1) is 9.54. The van der Waals surface area contributed by atoms with Gasteiger partial charge in [0, 0.05) is 31.3 Å². The molecule has 0 radical (unpaired) electrons. The van der Waals surface area contributed by atoms with Crippen molar-refractivity contribution >= 4 is 10.0 Å². The molecule has 1 aromatic rings. The van der Waals surface area contributed by atoms with Crippen LogP contribution in [0.15, 0.2) is 17.0 Å². The monoisotopic (exact) mass is 300 g/mol. The lowest BCUT2D eigenvalue weighted by molar-refractivity contribution is 0.350. The molecule has 1 fully saturated rings. The zero-order chi connectivity index (χ0) is 14.8. The number of nitrogens with zero attached hydrogens (tertiary/aromatic N) is 1. The van der Waals surface area contributed by atoms with Crippen molar-refractivity contribution in [2.75, 3.05) is 27.3 Å². The second-order valence-electron chi connectivity index (χ2n) is 4.63. The molecule has 1 aliphatic heterocycles. The molecule has 1 heterocycles. The van der Waals surface area contributed by atoms with Crippen molar-refractivity contribution in [1.29, 1.82) is 0 Å². The first kappa shape index (κ1) is 15.1. The smallest absolute Gasteiger partial charge is 0.243 e. The molecule has 20 heavy (non-hydrogen) atoms. The topological polar surface area (TPSA) is 81.9 Å². The van der Waals surface area contributed by atoms with E-state index in [1.807, 2.05) is 0 Å². The van der Waals surface area contributed by atoms with Gasteiger partial charge >= 0.3 is 0 Å². The van der Waals surface area contributed by atoms with Crippen LogP contribution in [-0.2, 0) is 16.6 Å². The standard InChI is InChI=1S/C13H20N2O4S/c1-18-12-8-11(7-10(9-14)13(12)19-2)20(16,17)15-5-3-4-6-15/h7-8H,3-6,9,14H2,1-2H3. The Morgan fingerprint density at radius 3 is 2.35 bits per heavy atom. The van der Waals surface area contributed by atoms with Crippen molar-refractivity contribution in [2.45, 2.75) is 24.3 Å². The van der Waals surface area contributed by atoms with E-state index in [0.29, 0.717) is 30.2 Å². The van der Waals surface area contributed by atoms with Crippen molar-refractivity contribution in [2.24, 2.45) is 5.73 Å². The Labute approximate surface area is 119 Å². The van der Waals surface area contributed by atoms with Crippen LogP contribution in [0.3, 0.4) is 0 Å². The Balaban J connectivity index is 2.51. The van der Waals surface area contributed by atoms with E-state index in [4.69, 9.17) is 15.2 Å². The highest BCUT2D eigenvalue weighted by Gasteiger charge is 2.29. The van der Waals surface area contributed by atoms with E-state index in [1.54, 1.807) is 6.07 Å². The Hall–Kier alpha value is -1.31. The molecular formula is C13H20N2O4S. The molecule has 2 N–H and O–H groups in total. The lowest BCUT2D eigenvalue weighted by Gasteiger charge is -2.18. The number of methoxy groups -OCH3 is 2. The Bertz CT molecular complexity index is 555. The lowest BCUT2D eigenvalue weighted by Crippen LogP contribution is -2.28. The zero-order valence-corrected chi connectivity index (χ0v) is 12.6. The minimum absolute atomic E-state index is 0.183. The summed E-state index contributed by atoms with van der Waals surface area (Å²) in [6.45, 7) is 1.31. The summed E-state index contributed by atoms with van der Waals surface area (Å²) in [6.07, 6.45) is 1.80. The second-order valence-corrected chi connectivity index (χ2v) is 6.57. The molecule has 0 atom stereocenters. The largest absolute Gasteiger partial charge is 0.493 e. The quantitative estimate of drug-likeness (QED) is 0.875. The first-order valence-electron chi connectivity index (χ1n) is 6.49. The van der Waals surface area contributed by atoms with Gasteiger partial charge < -0.3 is 15.2 Å². The van der Waals surface area contributed by atoms with Crippen molar-refractivity contribution in [3.8, 4) is 11.5 Å². The average molecular weight is 300 g/mol. The van der Waals surface area contributed by atoms with Gasteiger partial charge in [-0.25, -0.2) is 8.42 Å². The van der Waals surface area contributed by atoms with Gasteiger partial charge in [-0.05, 0) is 18.9 Å². The van der Waals surface area contributed by atoms with Gasteiger partial charge in [-0.15, -0.1) is 0 Å². The van der Waals surface area contributed by atoms with Gasteiger partial charge in [-0.1, -0.05) is 0 Å². The maximum atomic E-state index is 12.6. The molecule has 6 nitrogen and oxygen atoms in total. The van der Waals surface area contributed by atoms with Crippen molar-refractivity contribution in [3.63, 3.8) is 0 Å². The average Bonchev–Trinajstić information content (AvgIpc) is 3.00. The summed E-state index contributed by atoms with van der Waals surface area (Å²) >= 11 is 0. The number of rotatable bonds is 5. The van der Waals surface area contributed by atoms with Crippen LogP contribution >= 0.6 is 0 Å². The lowest BCUT2D eigenvalue weighted by atomic mass is 10.2. The highest BCUT2D eigenvalue weighted by atomic mass is 32.2. The second kappa shape index (κ2) is 5.99. The molecule has 0 bridgehead atoms. The van der Waals surface area contributed by atoms with Crippen LogP contribution in [-0.4, -0.2) is 40.0 Å². The van der Waals surface area contributed by atoms with Crippen molar-refractivity contribution < 1.29 is 17.9 Å². The predicted octanol–water partition coefficient (Wildman–Crippen LogP) is 0.947. The molecule has 0 aliphatic carbocycles. The van der Waals surface area contributed by atoms with E-state index in [1.165, 1.54) is 24.6 Å². The van der Waals surface area contributed by atoms with E-state index in [2.05, 4.69) is 0 Å². The van der Waals surface area contributed by atoms with Gasteiger partial charge in [-0.2, -0.15) is 4.31 Å². The van der Waals surface area contributed by atoms with Gasteiger partial charge in [0.15, 0.2) is 11.5 Å². The molecule has 0 spiro atoms. The van der Waals surface area contributed by atoms with E-state index in [9.17, 15) is 8.42 Å². The minimum Gasteiger partial charge on any atom is -0.493 e. The van der Waals surface area contributed by atoms with Crippen LogP contribution in [0.1, 0.15) is 18.4 Å². The van der Waals surface area contributed by atoms with E-state index in [0.717, 1.165) is 12.8 Å². The number of nitrogens with two attached hydrogens (primary N) is 1. The fourth-order valence-electron chi connectivity index (χ4n) is 2.39. The third-order valence-electron chi connectivity index (χ3n) is 3.45. The molecule has 0 saturated carbocycles. The van der Waals surface area contributed by atoms with Crippen LogP contribution < -0.4 is 15.2 Å². The molecule has 1 aromatic carbocycles. The third-order valence-corrected chi connectivity index (χ3v) is 5.33. The van der Waals surface area contributed by atoms with Crippen LogP contribution in [0, 0.1) is 0 Å². The predicted molar refractivity (Wildman–Crippen MR) is 75.4 cm³/mol. The fraction of sp³-hybridized carbons (Fsp3) is 0.538. The van der Waals surface area contributed by atoms with Crippen LogP contribution in [0.25, 0.3) is 0 Å². The summed E-state index contributed by atoms with van der Waals surface area (Å²) in [5.74, 6) is 0.864. The Morgan fingerprint density at radius 1 is 1.20 bits per heavy atom. The Kier molecular flexibility index (Phi) is 4.52. The third kappa shape index (κ3) is 2.61. The van der Waals surface area contributed by atoms with Crippen molar-refractivity contribution in [1.82, 2.24) is 4.31 Å². The summed E-state index contributed by atoms with van der Waals surface area (Å²) < 4.78 is 37.1. The van der Waals surface area contributed by atoms with Gasteiger partial charge in [0.05, 0.1) is 19.1 Å². The van der Waals surface area contributed by atoms with Crippen molar-refractivity contribution in [3.05, 3.63) is 17.7 Å². The van der Waals surface area contributed by atoms with E-state index >= 15 is 0 Å². The molecule has 0 amide bonds. The first-order valence-corrected chi connectivity index (χ1v) is 7.93. The van der Waals surface area contributed by atoms with Crippen LogP contribution in [0.4, 0.5) is 0 Å². The molecule has 0 unspecified atom stereocenters. The SMILES string of the molecule is COc1cc(S(=O)(=O)N2CCCC2)cc(CN)c1OC. The zero-order valence-electron chi connectivity index (χ0n) is 11.8. The summed E-state index contributed by atoms with van der Waals surface area (Å²) in [5, 5.41) is 0. The maximum absolute atomic E-state index is 12.6. The number of ether oxygens (including phenoxy) is 2. The molecule has 112 valence electrons. The molecule has 2 rings (SSSR count). The summed E-state index contributed by atoms with van der Waals surface area (Å²) in [7, 11) is -0.504. The van der Waals surface area contributed by atoms with E-state index < -0.39 is 10.0 Å². The van der Waals surface area contributed by atoms with Crippen LogP contribution in [0.2, 0.25) is 0 Å². The summed E-state index contributed by atoms with van der Waals surface area (Å²) in [5.41, 5.74) is 6.29. The van der Waals surface area contributed by atoms with E-state index in [-0.39, 0.29) is 11.4 Å². The van der Waals surface area contributed by atoms with Gasteiger partial charge in [0.25, 0.3) is 0 Å². The fourth-order valence-corrected chi connectivity index (χ4v) is 3.98. The molecule has 1 saturated heterocycles. The molecular weight excluding hydrogens is 280 g/mol. The highest BCUT2D eigenvalue weighted by molar-refractivity contribution is 7.89. The number of benzene rings is 1. The normalized spacial score (nSPS) is 16.4. The van der Waals surface area contributed by atoms with Crippen LogP contribution in [0.5, 0.6) is 11.5 Å². The molecule has 0 aromatic heterocycles. The number of hydrogen-bond acceptors (Lipinski definition) is 5. The van der Waals surface area contributed by atoms with Gasteiger partial charge in [0.1, 0.15) is 0 Å². The Morgan fingerprint density at radius 2 is 1.85 bits per heavy atom. The highest BCUT2D eigenvalue weighted by Crippen LogP contribution is 2.35. The maximum Gasteiger partial charge on any atom is 0.243 e. The molecule has 7 heteroatoms. The summed E-state index contributed by atoms with van der Waals surface area (Å²) in [6, 6.07) is 3.06. The number of hydrogen-bond donors (Lipinski definition) is 1. The minimum atomic E-state index is -3.49. The number of sulfonamides is 1. The molecule has 1 aliphatic rings. The van der Waals surface area contributed by atoms with Gasteiger partial charge in [0.2, 0.25) is 10.0 Å². The van der Waals surface area contributed by atoms with Gasteiger partial charge in [-0.3, -0.25) is 0 Å². The summed E-state index contributed by atoms with van der Waals surface area (Å²) in [4.78, 5) is 0.206.